The Kier molecular flexibility index (Phi) is 2.60. The molecule has 0 spiro atoms. The number of H-pyrrole nitrogens is 1. The number of aromatic nitrogens is 2. The number of nitrogens with one attached hydrogen (secondary N) is 1. The topological polar surface area (TPSA) is 55.0 Å². The molecule has 13 heavy (non-hydrogen) atoms. The summed E-state index contributed by atoms with van der Waals surface area (Å²) in [6.07, 6.45) is 0. The van der Waals surface area contributed by atoms with Gasteiger partial charge in [-0.05, 0) is 0 Å². The van der Waals surface area contributed by atoms with Crippen LogP contribution >= 0.6 is 0 Å². The number of hydrogen-bond acceptors (Lipinski definition) is 3. The fraction of sp³-hybridized carbons (Fsp3) is 0.400. The number of hydrogen-bond donors (Lipinski definition) is 1. The van der Waals surface area contributed by atoms with Gasteiger partial charge in [-0.1, -0.05) is 0 Å². The SMILES string of the molecule is COc1cc(S(=O)C(F)(F)F)[nH]n1. The van der Waals surface area contributed by atoms with Crippen LogP contribution in [0, 0.1) is 0 Å². The Labute approximate surface area is 73.5 Å². The van der Waals surface area contributed by atoms with E-state index in [0.717, 1.165) is 6.07 Å². The Morgan fingerprint density at radius 2 is 2.23 bits per heavy atom. The molecular weight excluding hydrogens is 209 g/mol. The summed E-state index contributed by atoms with van der Waals surface area (Å²) < 4.78 is 50.7. The summed E-state index contributed by atoms with van der Waals surface area (Å²) in [5, 5.41) is 4.77. The van der Waals surface area contributed by atoms with E-state index in [1.54, 1.807) is 0 Å². The van der Waals surface area contributed by atoms with Crippen LogP contribution in [-0.2, 0) is 10.8 Å². The molecule has 0 saturated heterocycles. The van der Waals surface area contributed by atoms with Crippen LogP contribution in [0.5, 0.6) is 5.88 Å². The standard InChI is InChI=1S/C5H5F3N2O2S/c1-12-3-2-4(10-9-3)13(11)5(6,7)8/h2H,1H3,(H,9,10). The van der Waals surface area contributed by atoms with Crippen molar-refractivity contribution in [2.45, 2.75) is 10.5 Å². The van der Waals surface area contributed by atoms with Crippen molar-refractivity contribution in [1.82, 2.24) is 10.2 Å². The van der Waals surface area contributed by atoms with E-state index in [1.807, 2.05) is 5.10 Å². The smallest absolute Gasteiger partial charge is 0.477 e. The van der Waals surface area contributed by atoms with Crippen molar-refractivity contribution >= 4 is 10.8 Å². The molecule has 1 heterocycles. The zero-order valence-electron chi connectivity index (χ0n) is 6.38. The molecule has 1 aromatic rings. The number of ether oxygens (including phenoxy) is 1. The van der Waals surface area contributed by atoms with E-state index in [-0.39, 0.29) is 5.88 Å². The van der Waals surface area contributed by atoms with E-state index in [2.05, 4.69) is 9.84 Å². The van der Waals surface area contributed by atoms with Crippen LogP contribution in [0.25, 0.3) is 0 Å². The van der Waals surface area contributed by atoms with Gasteiger partial charge in [0, 0.05) is 6.07 Å². The number of nitrogens with zero attached hydrogens (tertiary/aromatic N) is 1. The molecule has 1 aromatic heterocycles. The van der Waals surface area contributed by atoms with Gasteiger partial charge < -0.3 is 4.74 Å². The first kappa shape index (κ1) is 10.0. The van der Waals surface area contributed by atoms with Crippen LogP contribution in [0.15, 0.2) is 11.1 Å². The summed E-state index contributed by atoms with van der Waals surface area (Å²) in [7, 11) is -1.83. The molecule has 0 aliphatic carbocycles. The van der Waals surface area contributed by atoms with Crippen molar-refractivity contribution in [2.75, 3.05) is 7.11 Å². The summed E-state index contributed by atoms with van der Waals surface area (Å²) in [4.78, 5) is 0. The highest BCUT2D eigenvalue weighted by molar-refractivity contribution is 7.85. The van der Waals surface area contributed by atoms with E-state index >= 15 is 0 Å². The number of alkyl halides is 3. The summed E-state index contributed by atoms with van der Waals surface area (Å²) in [6, 6.07) is 0.934. The average Bonchev–Trinajstić information content (AvgIpc) is 2.48. The molecule has 74 valence electrons. The molecule has 1 atom stereocenters. The van der Waals surface area contributed by atoms with Crippen molar-refractivity contribution in [2.24, 2.45) is 0 Å². The highest BCUT2D eigenvalue weighted by atomic mass is 32.2. The van der Waals surface area contributed by atoms with E-state index in [9.17, 15) is 17.4 Å². The van der Waals surface area contributed by atoms with Crippen LogP contribution in [-0.4, -0.2) is 27.0 Å². The molecule has 8 heteroatoms. The average molecular weight is 214 g/mol. The highest BCUT2D eigenvalue weighted by Crippen LogP contribution is 2.26. The van der Waals surface area contributed by atoms with Gasteiger partial charge in [0.25, 0.3) is 0 Å². The summed E-state index contributed by atoms with van der Waals surface area (Å²) in [5.74, 6) is -0.0346. The van der Waals surface area contributed by atoms with Crippen molar-refractivity contribution in [3.63, 3.8) is 0 Å². The Hall–Kier alpha value is -1.05. The third-order valence-corrected chi connectivity index (χ3v) is 2.18. The molecule has 0 fully saturated rings. The Morgan fingerprint density at radius 3 is 2.62 bits per heavy atom. The lowest BCUT2D eigenvalue weighted by Gasteiger charge is -2.01. The minimum atomic E-state index is -4.78. The van der Waals surface area contributed by atoms with Crippen molar-refractivity contribution in [3.8, 4) is 5.88 Å². The van der Waals surface area contributed by atoms with E-state index < -0.39 is 21.3 Å². The van der Waals surface area contributed by atoms with E-state index in [0.29, 0.717) is 0 Å². The van der Waals surface area contributed by atoms with Gasteiger partial charge in [-0.15, -0.1) is 5.10 Å². The number of methoxy groups -OCH3 is 1. The molecule has 1 rings (SSSR count). The molecule has 4 nitrogen and oxygen atoms in total. The van der Waals surface area contributed by atoms with Crippen molar-refractivity contribution in [3.05, 3.63) is 6.07 Å². The summed E-state index contributed by atoms with van der Waals surface area (Å²) >= 11 is 0. The second-order valence-corrected chi connectivity index (χ2v) is 3.43. The Bertz CT molecular complexity index is 322. The van der Waals surface area contributed by atoms with Gasteiger partial charge in [-0.25, -0.2) is 4.21 Å². The summed E-state index contributed by atoms with van der Waals surface area (Å²) in [5.41, 5.74) is -4.78. The second-order valence-electron chi connectivity index (χ2n) is 1.99. The van der Waals surface area contributed by atoms with Crippen LogP contribution in [0.3, 0.4) is 0 Å². The fourth-order valence-electron chi connectivity index (χ4n) is 0.611. The maximum atomic E-state index is 11.9. The maximum absolute atomic E-state index is 11.9. The molecular formula is C5H5F3N2O2S. The lowest BCUT2D eigenvalue weighted by atomic mass is 10.7. The lowest BCUT2D eigenvalue weighted by Crippen LogP contribution is -2.16. The quantitative estimate of drug-likeness (QED) is 0.800. The van der Waals surface area contributed by atoms with Gasteiger partial charge in [0.2, 0.25) is 5.88 Å². The number of aromatic amines is 1. The molecule has 0 aromatic carbocycles. The number of rotatable bonds is 2. The van der Waals surface area contributed by atoms with Crippen LogP contribution < -0.4 is 4.74 Å². The minimum absolute atomic E-state index is 0.0346. The third kappa shape index (κ3) is 2.20. The Balaban J connectivity index is 2.90. The maximum Gasteiger partial charge on any atom is 0.477 e. The van der Waals surface area contributed by atoms with Crippen molar-refractivity contribution < 1.29 is 22.1 Å². The molecule has 0 bridgehead atoms. The second kappa shape index (κ2) is 3.36. The van der Waals surface area contributed by atoms with E-state index in [4.69, 9.17) is 0 Å². The lowest BCUT2D eigenvalue weighted by molar-refractivity contribution is -0.0386. The predicted octanol–water partition coefficient (Wildman–Crippen LogP) is 1.05. The highest BCUT2D eigenvalue weighted by Gasteiger charge is 2.39. The van der Waals surface area contributed by atoms with Gasteiger partial charge >= 0.3 is 5.51 Å². The fourth-order valence-corrected chi connectivity index (χ4v) is 1.20. The van der Waals surface area contributed by atoms with Gasteiger partial charge in [-0.3, -0.25) is 5.10 Å². The zero-order valence-corrected chi connectivity index (χ0v) is 7.20. The molecule has 1 unspecified atom stereocenters. The molecule has 0 aliphatic rings. The molecule has 0 amide bonds. The monoisotopic (exact) mass is 214 g/mol. The first-order valence-corrected chi connectivity index (χ1v) is 4.18. The largest absolute Gasteiger partial charge is 0.480 e. The van der Waals surface area contributed by atoms with Crippen LogP contribution in [0.2, 0.25) is 0 Å². The van der Waals surface area contributed by atoms with E-state index in [1.165, 1.54) is 7.11 Å². The molecule has 0 aliphatic heterocycles. The van der Waals surface area contributed by atoms with Crippen LogP contribution in [0.4, 0.5) is 13.2 Å². The van der Waals surface area contributed by atoms with Gasteiger partial charge in [-0.2, -0.15) is 13.2 Å². The third-order valence-electron chi connectivity index (χ3n) is 1.15. The first-order chi connectivity index (χ1) is 5.95. The van der Waals surface area contributed by atoms with Crippen molar-refractivity contribution in [1.29, 1.82) is 0 Å². The van der Waals surface area contributed by atoms with Gasteiger partial charge in [0.1, 0.15) is 5.03 Å². The van der Waals surface area contributed by atoms with Gasteiger partial charge in [0.15, 0.2) is 10.8 Å². The minimum Gasteiger partial charge on any atom is -0.480 e. The molecule has 1 N–H and O–H groups in total. The Morgan fingerprint density at radius 1 is 1.62 bits per heavy atom. The zero-order chi connectivity index (χ0) is 10.1. The van der Waals surface area contributed by atoms with Gasteiger partial charge in [0.05, 0.1) is 7.11 Å². The molecule has 0 saturated carbocycles. The normalized spacial score (nSPS) is 14.2. The molecule has 0 radical (unpaired) electrons. The van der Waals surface area contributed by atoms with Crippen LogP contribution in [0.1, 0.15) is 0 Å². The number of halogens is 3. The first-order valence-electron chi connectivity index (χ1n) is 3.03. The summed E-state index contributed by atoms with van der Waals surface area (Å²) in [6.45, 7) is 0. The predicted molar refractivity (Wildman–Crippen MR) is 37.6 cm³/mol.